The Morgan fingerprint density at radius 2 is 2.18 bits per heavy atom. The molecule has 0 bridgehead atoms. The van der Waals surface area contributed by atoms with Crippen LogP contribution in [0.2, 0.25) is 0 Å². The number of rotatable bonds is 9. The van der Waals surface area contributed by atoms with E-state index in [0.717, 1.165) is 43.6 Å². The minimum Gasteiger partial charge on any atom is -0.513 e. The number of nitrogens with zero attached hydrogens (tertiary/aromatic N) is 1. The van der Waals surface area contributed by atoms with Gasteiger partial charge in [0.2, 0.25) is 0 Å². The number of H-pyrrole nitrogens is 1. The fraction of sp³-hybridized carbons (Fsp3) is 0.462. The van der Waals surface area contributed by atoms with Gasteiger partial charge < -0.3 is 15.4 Å². The fourth-order valence-electron chi connectivity index (χ4n) is 1.51. The standard InChI is InChI=1S/C13H21N3O/c1-11(6-7-13-9-14-10-16-13)15-8-4-3-5-12(2)17/h9-10,15,17H,1-8H2,(H,14,16). The van der Waals surface area contributed by atoms with Gasteiger partial charge in [-0.1, -0.05) is 13.2 Å². The van der Waals surface area contributed by atoms with Crippen LogP contribution in [0.5, 0.6) is 0 Å². The predicted molar refractivity (Wildman–Crippen MR) is 69.7 cm³/mol. The molecular formula is C13H21N3O. The number of unbranched alkanes of at least 4 members (excludes halogenated alkanes) is 1. The number of imidazole rings is 1. The number of nitrogens with one attached hydrogen (secondary N) is 2. The molecule has 0 atom stereocenters. The van der Waals surface area contributed by atoms with Gasteiger partial charge in [0.1, 0.15) is 0 Å². The summed E-state index contributed by atoms with van der Waals surface area (Å²) in [6.07, 6.45) is 8.02. The molecule has 1 heterocycles. The average Bonchev–Trinajstić information content (AvgIpc) is 2.78. The molecule has 0 fully saturated rings. The van der Waals surface area contributed by atoms with E-state index in [4.69, 9.17) is 5.11 Å². The molecule has 0 saturated heterocycles. The zero-order valence-electron chi connectivity index (χ0n) is 10.2. The molecule has 3 N–H and O–H groups in total. The van der Waals surface area contributed by atoms with Crippen molar-refractivity contribution in [3.05, 3.63) is 42.8 Å². The van der Waals surface area contributed by atoms with Gasteiger partial charge in [-0.05, 0) is 25.7 Å². The van der Waals surface area contributed by atoms with Crippen molar-refractivity contribution in [2.45, 2.75) is 32.1 Å². The van der Waals surface area contributed by atoms with E-state index in [2.05, 4.69) is 28.4 Å². The molecule has 0 unspecified atom stereocenters. The SMILES string of the molecule is C=C(O)CCCCNC(=C)CCc1cnc[nH]1. The van der Waals surface area contributed by atoms with Gasteiger partial charge in [-0.3, -0.25) is 0 Å². The lowest BCUT2D eigenvalue weighted by atomic mass is 10.2. The normalized spacial score (nSPS) is 10.1. The monoisotopic (exact) mass is 235 g/mol. The van der Waals surface area contributed by atoms with Crippen LogP contribution in [0.3, 0.4) is 0 Å². The number of aryl methyl sites for hydroxylation is 1. The lowest BCUT2D eigenvalue weighted by Gasteiger charge is -2.08. The Labute approximate surface area is 102 Å². The maximum absolute atomic E-state index is 8.91. The first kappa shape index (κ1) is 13.4. The molecule has 17 heavy (non-hydrogen) atoms. The van der Waals surface area contributed by atoms with Crippen molar-refractivity contribution in [2.24, 2.45) is 0 Å². The van der Waals surface area contributed by atoms with E-state index in [9.17, 15) is 0 Å². The van der Waals surface area contributed by atoms with Crippen molar-refractivity contribution in [3.63, 3.8) is 0 Å². The summed E-state index contributed by atoms with van der Waals surface area (Å²) in [4.78, 5) is 7.03. The number of allylic oxidation sites excluding steroid dienone is 2. The third-order valence-electron chi connectivity index (χ3n) is 2.52. The van der Waals surface area contributed by atoms with Crippen LogP contribution in [0.25, 0.3) is 0 Å². The number of hydrogen-bond donors (Lipinski definition) is 3. The second-order valence-corrected chi connectivity index (χ2v) is 4.13. The lowest BCUT2D eigenvalue weighted by molar-refractivity contribution is 0.384. The molecule has 0 aliphatic rings. The molecule has 4 nitrogen and oxygen atoms in total. The first-order valence-corrected chi connectivity index (χ1v) is 5.94. The van der Waals surface area contributed by atoms with Crippen LogP contribution in [0, 0.1) is 0 Å². The second kappa shape index (κ2) is 7.54. The second-order valence-electron chi connectivity index (χ2n) is 4.13. The van der Waals surface area contributed by atoms with E-state index in [-0.39, 0.29) is 5.76 Å². The van der Waals surface area contributed by atoms with E-state index in [0.29, 0.717) is 6.42 Å². The summed E-state index contributed by atoms with van der Waals surface area (Å²) in [5.74, 6) is 0.267. The highest BCUT2D eigenvalue weighted by molar-refractivity contribution is 5.00. The third kappa shape index (κ3) is 6.45. The Morgan fingerprint density at radius 3 is 2.82 bits per heavy atom. The molecule has 0 aromatic carbocycles. The topological polar surface area (TPSA) is 60.9 Å². The highest BCUT2D eigenvalue weighted by atomic mass is 16.3. The van der Waals surface area contributed by atoms with Crippen LogP contribution in [0.15, 0.2) is 37.1 Å². The molecule has 0 spiro atoms. The largest absolute Gasteiger partial charge is 0.513 e. The summed E-state index contributed by atoms with van der Waals surface area (Å²) in [5, 5.41) is 12.2. The quantitative estimate of drug-likeness (QED) is 0.455. The van der Waals surface area contributed by atoms with E-state index in [1.807, 2.05) is 6.20 Å². The Morgan fingerprint density at radius 1 is 1.35 bits per heavy atom. The minimum atomic E-state index is 0.267. The molecule has 0 radical (unpaired) electrons. The van der Waals surface area contributed by atoms with E-state index < -0.39 is 0 Å². The summed E-state index contributed by atoms with van der Waals surface area (Å²) >= 11 is 0. The molecule has 94 valence electrons. The Bertz CT molecular complexity index is 344. The number of aromatic amines is 1. The predicted octanol–water partition coefficient (Wildman–Crippen LogP) is 2.69. The fourth-order valence-corrected chi connectivity index (χ4v) is 1.51. The molecular weight excluding hydrogens is 214 g/mol. The van der Waals surface area contributed by atoms with Gasteiger partial charge in [-0.15, -0.1) is 0 Å². The zero-order valence-corrected chi connectivity index (χ0v) is 10.2. The first-order chi connectivity index (χ1) is 8.18. The summed E-state index contributed by atoms with van der Waals surface area (Å²) < 4.78 is 0. The van der Waals surface area contributed by atoms with Crippen LogP contribution in [0.1, 0.15) is 31.4 Å². The van der Waals surface area contributed by atoms with Crippen LogP contribution in [-0.2, 0) is 6.42 Å². The van der Waals surface area contributed by atoms with E-state index in [1.54, 1.807) is 6.33 Å². The maximum atomic E-state index is 8.91. The van der Waals surface area contributed by atoms with Gasteiger partial charge in [0.25, 0.3) is 0 Å². The van der Waals surface area contributed by atoms with Crippen molar-refractivity contribution in [3.8, 4) is 0 Å². The number of aliphatic hydroxyl groups is 1. The van der Waals surface area contributed by atoms with Crippen molar-refractivity contribution in [1.82, 2.24) is 15.3 Å². The van der Waals surface area contributed by atoms with E-state index in [1.165, 1.54) is 0 Å². The summed E-state index contributed by atoms with van der Waals surface area (Å²) in [6, 6.07) is 0. The highest BCUT2D eigenvalue weighted by Crippen LogP contribution is 2.04. The Hall–Kier alpha value is -1.71. The Kier molecular flexibility index (Phi) is 5.93. The van der Waals surface area contributed by atoms with Gasteiger partial charge in [-0.2, -0.15) is 0 Å². The number of aromatic nitrogens is 2. The van der Waals surface area contributed by atoms with Crippen molar-refractivity contribution >= 4 is 0 Å². The highest BCUT2D eigenvalue weighted by Gasteiger charge is 1.97. The first-order valence-electron chi connectivity index (χ1n) is 5.94. The van der Waals surface area contributed by atoms with Gasteiger partial charge in [0, 0.05) is 30.6 Å². The van der Waals surface area contributed by atoms with Crippen LogP contribution in [0.4, 0.5) is 0 Å². The van der Waals surface area contributed by atoms with Gasteiger partial charge in [0.15, 0.2) is 0 Å². The molecule has 0 aliphatic carbocycles. The molecule has 0 saturated carbocycles. The Balaban J connectivity index is 2.00. The number of aliphatic hydroxyl groups excluding tert-OH is 1. The van der Waals surface area contributed by atoms with E-state index >= 15 is 0 Å². The van der Waals surface area contributed by atoms with Gasteiger partial charge in [-0.25, -0.2) is 4.98 Å². The smallest absolute Gasteiger partial charge is 0.0921 e. The lowest BCUT2D eigenvalue weighted by Crippen LogP contribution is -2.14. The summed E-state index contributed by atoms with van der Waals surface area (Å²) in [6.45, 7) is 8.33. The zero-order chi connectivity index (χ0) is 12.5. The van der Waals surface area contributed by atoms with Gasteiger partial charge >= 0.3 is 0 Å². The molecule has 1 aromatic rings. The van der Waals surface area contributed by atoms with Crippen molar-refractivity contribution < 1.29 is 5.11 Å². The van der Waals surface area contributed by atoms with Crippen LogP contribution >= 0.6 is 0 Å². The summed E-state index contributed by atoms with van der Waals surface area (Å²) in [7, 11) is 0. The maximum Gasteiger partial charge on any atom is 0.0921 e. The molecule has 0 amide bonds. The summed E-state index contributed by atoms with van der Waals surface area (Å²) in [5.41, 5.74) is 2.17. The van der Waals surface area contributed by atoms with Crippen molar-refractivity contribution in [2.75, 3.05) is 6.54 Å². The van der Waals surface area contributed by atoms with Crippen LogP contribution in [-0.4, -0.2) is 21.6 Å². The molecule has 4 heteroatoms. The molecule has 1 rings (SSSR count). The third-order valence-corrected chi connectivity index (χ3v) is 2.52. The average molecular weight is 235 g/mol. The van der Waals surface area contributed by atoms with Gasteiger partial charge in [0.05, 0.1) is 12.1 Å². The minimum absolute atomic E-state index is 0.267. The van der Waals surface area contributed by atoms with Crippen LogP contribution < -0.4 is 5.32 Å². The number of hydrogen-bond acceptors (Lipinski definition) is 3. The molecule has 0 aliphatic heterocycles. The van der Waals surface area contributed by atoms with Crippen molar-refractivity contribution in [1.29, 1.82) is 0 Å². The molecule has 1 aromatic heterocycles.